The molecule has 1 aliphatic carbocycles. The molecular weight excluding hydrogens is 186 g/mol. The van der Waals surface area contributed by atoms with Crippen LogP contribution in [-0.4, -0.2) is 36.7 Å². The van der Waals surface area contributed by atoms with E-state index < -0.39 is 11.9 Å². The summed E-state index contributed by atoms with van der Waals surface area (Å²) >= 11 is 0. The van der Waals surface area contributed by atoms with Gasteiger partial charge in [-0.2, -0.15) is 0 Å². The van der Waals surface area contributed by atoms with E-state index in [9.17, 15) is 9.59 Å². The molecule has 1 saturated carbocycles. The lowest BCUT2D eigenvalue weighted by atomic mass is 10.1. The van der Waals surface area contributed by atoms with Crippen LogP contribution >= 0.6 is 0 Å². The molecular formula is C8H15N3O3. The largest absolute Gasteiger partial charge is 0.396 e. The van der Waals surface area contributed by atoms with Gasteiger partial charge in [0.05, 0.1) is 6.54 Å². The first-order valence-electron chi connectivity index (χ1n) is 4.49. The Morgan fingerprint density at radius 3 is 2.50 bits per heavy atom. The Morgan fingerprint density at radius 2 is 2.07 bits per heavy atom. The molecule has 0 aromatic carbocycles. The molecule has 0 bridgehead atoms. The summed E-state index contributed by atoms with van der Waals surface area (Å²) in [5, 5.41) is 13.8. The molecule has 5 N–H and O–H groups in total. The van der Waals surface area contributed by atoms with E-state index in [1.165, 1.54) is 0 Å². The molecule has 0 saturated heterocycles. The van der Waals surface area contributed by atoms with Crippen molar-refractivity contribution in [3.8, 4) is 0 Å². The molecule has 1 fully saturated rings. The van der Waals surface area contributed by atoms with Crippen LogP contribution in [0.5, 0.6) is 0 Å². The zero-order valence-electron chi connectivity index (χ0n) is 7.88. The second kappa shape index (κ2) is 4.39. The van der Waals surface area contributed by atoms with Crippen molar-refractivity contribution in [3.63, 3.8) is 0 Å². The van der Waals surface area contributed by atoms with Crippen LogP contribution in [0.4, 0.5) is 4.79 Å². The van der Waals surface area contributed by atoms with E-state index in [1.54, 1.807) is 0 Å². The van der Waals surface area contributed by atoms with Gasteiger partial charge in [-0.3, -0.25) is 10.1 Å². The van der Waals surface area contributed by atoms with Gasteiger partial charge in [0.2, 0.25) is 5.91 Å². The van der Waals surface area contributed by atoms with E-state index in [1.807, 2.05) is 5.32 Å². The lowest BCUT2D eigenvalue weighted by molar-refractivity contribution is -0.119. The smallest absolute Gasteiger partial charge is 0.318 e. The highest BCUT2D eigenvalue weighted by molar-refractivity contribution is 5.94. The van der Waals surface area contributed by atoms with Gasteiger partial charge in [-0.15, -0.1) is 0 Å². The second-order valence-electron chi connectivity index (χ2n) is 3.67. The minimum atomic E-state index is -0.847. The Labute approximate surface area is 81.8 Å². The molecule has 0 aliphatic heterocycles. The van der Waals surface area contributed by atoms with Crippen LogP contribution in [0.25, 0.3) is 0 Å². The first kappa shape index (κ1) is 10.9. The van der Waals surface area contributed by atoms with Crippen LogP contribution in [0.1, 0.15) is 12.8 Å². The van der Waals surface area contributed by atoms with Crippen LogP contribution in [0.2, 0.25) is 0 Å². The summed E-state index contributed by atoms with van der Waals surface area (Å²) in [6, 6.07) is -0.847. The van der Waals surface area contributed by atoms with E-state index in [0.717, 1.165) is 12.8 Å². The van der Waals surface area contributed by atoms with Gasteiger partial charge < -0.3 is 16.2 Å². The first-order chi connectivity index (χ1) is 6.58. The minimum Gasteiger partial charge on any atom is -0.396 e. The Bertz CT molecular complexity index is 238. The number of carbonyl (C=O) groups excluding carboxylic acids is 2. The lowest BCUT2D eigenvalue weighted by Gasteiger charge is -2.11. The number of aliphatic hydroxyl groups is 1. The highest BCUT2D eigenvalue weighted by atomic mass is 16.3. The van der Waals surface area contributed by atoms with E-state index in [2.05, 4.69) is 5.32 Å². The van der Waals surface area contributed by atoms with Crippen molar-refractivity contribution in [1.29, 1.82) is 0 Å². The molecule has 0 unspecified atom stereocenters. The summed E-state index contributed by atoms with van der Waals surface area (Å²) in [5.74, 6) is -0.453. The molecule has 0 spiro atoms. The van der Waals surface area contributed by atoms with Gasteiger partial charge in [-0.05, 0) is 12.8 Å². The third-order valence-corrected chi connectivity index (χ3v) is 2.34. The summed E-state index contributed by atoms with van der Waals surface area (Å²) in [5.41, 5.74) is 4.72. The molecule has 6 nitrogen and oxygen atoms in total. The zero-order valence-corrected chi connectivity index (χ0v) is 7.88. The van der Waals surface area contributed by atoms with E-state index in [0.29, 0.717) is 6.54 Å². The number of urea groups is 1. The summed E-state index contributed by atoms with van der Waals surface area (Å²) in [4.78, 5) is 21.2. The summed E-state index contributed by atoms with van der Waals surface area (Å²) in [6.45, 7) is 0.776. The predicted molar refractivity (Wildman–Crippen MR) is 49.3 cm³/mol. The van der Waals surface area contributed by atoms with Crippen LogP contribution in [-0.2, 0) is 4.79 Å². The maximum Gasteiger partial charge on any atom is 0.318 e. The van der Waals surface area contributed by atoms with Crippen molar-refractivity contribution < 1.29 is 14.7 Å². The Kier molecular flexibility index (Phi) is 3.43. The summed E-state index contributed by atoms with van der Waals surface area (Å²) in [6.07, 6.45) is 1.96. The molecule has 14 heavy (non-hydrogen) atoms. The quantitative estimate of drug-likeness (QED) is 0.436. The molecule has 80 valence electrons. The van der Waals surface area contributed by atoms with Gasteiger partial charge in [0, 0.05) is 18.6 Å². The van der Waals surface area contributed by atoms with Crippen LogP contribution in [0.15, 0.2) is 0 Å². The number of primary amides is 1. The Morgan fingerprint density at radius 1 is 1.43 bits per heavy atom. The fourth-order valence-electron chi connectivity index (χ4n) is 1.19. The van der Waals surface area contributed by atoms with E-state index in [4.69, 9.17) is 10.8 Å². The second-order valence-corrected chi connectivity index (χ2v) is 3.67. The Balaban J connectivity index is 2.09. The normalized spacial score (nSPS) is 17.5. The van der Waals surface area contributed by atoms with E-state index in [-0.39, 0.29) is 18.6 Å². The van der Waals surface area contributed by atoms with E-state index >= 15 is 0 Å². The molecule has 1 aliphatic rings. The molecule has 0 aromatic rings. The fraction of sp³-hybridized carbons (Fsp3) is 0.750. The lowest BCUT2D eigenvalue weighted by Crippen LogP contribution is -2.42. The predicted octanol–water partition coefficient (Wildman–Crippen LogP) is -1.46. The number of carbonyl (C=O) groups is 2. The van der Waals surface area contributed by atoms with Crippen molar-refractivity contribution in [2.24, 2.45) is 11.1 Å². The zero-order chi connectivity index (χ0) is 10.6. The number of hydrogen-bond donors (Lipinski definition) is 4. The number of rotatable bonds is 5. The van der Waals surface area contributed by atoms with Crippen molar-refractivity contribution in [2.75, 3.05) is 19.7 Å². The third kappa shape index (κ3) is 3.31. The van der Waals surface area contributed by atoms with Gasteiger partial charge in [0.1, 0.15) is 0 Å². The van der Waals surface area contributed by atoms with Gasteiger partial charge in [0.25, 0.3) is 0 Å². The fourth-order valence-corrected chi connectivity index (χ4v) is 1.19. The van der Waals surface area contributed by atoms with Crippen molar-refractivity contribution in [2.45, 2.75) is 12.8 Å². The summed E-state index contributed by atoms with van der Waals surface area (Å²) in [7, 11) is 0. The highest BCUT2D eigenvalue weighted by Gasteiger charge is 2.41. The molecule has 6 heteroatoms. The van der Waals surface area contributed by atoms with Crippen molar-refractivity contribution in [3.05, 3.63) is 0 Å². The van der Waals surface area contributed by atoms with Crippen molar-refractivity contribution >= 4 is 11.9 Å². The maximum atomic E-state index is 10.9. The van der Waals surface area contributed by atoms with Gasteiger partial charge in [-0.1, -0.05) is 0 Å². The summed E-state index contributed by atoms with van der Waals surface area (Å²) < 4.78 is 0. The topological polar surface area (TPSA) is 104 Å². The van der Waals surface area contributed by atoms with Crippen LogP contribution in [0.3, 0.4) is 0 Å². The van der Waals surface area contributed by atoms with Gasteiger partial charge in [-0.25, -0.2) is 4.79 Å². The van der Waals surface area contributed by atoms with Gasteiger partial charge >= 0.3 is 6.03 Å². The van der Waals surface area contributed by atoms with Gasteiger partial charge in [0.15, 0.2) is 0 Å². The number of hydrogen-bond acceptors (Lipinski definition) is 4. The number of aliphatic hydroxyl groups excluding tert-OH is 1. The van der Waals surface area contributed by atoms with Crippen molar-refractivity contribution in [1.82, 2.24) is 10.6 Å². The minimum absolute atomic E-state index is 0.0347. The average molecular weight is 201 g/mol. The number of nitrogens with two attached hydrogens (primary N) is 1. The number of nitrogens with one attached hydrogen (secondary N) is 2. The van der Waals surface area contributed by atoms with Crippen LogP contribution in [0, 0.1) is 5.41 Å². The molecule has 3 amide bonds. The maximum absolute atomic E-state index is 10.9. The third-order valence-electron chi connectivity index (χ3n) is 2.34. The Hall–Kier alpha value is -1.14. The monoisotopic (exact) mass is 201 g/mol. The SMILES string of the molecule is NC(=O)NC(=O)CNCC1(CO)CC1. The average Bonchev–Trinajstić information content (AvgIpc) is 2.84. The number of imide groups is 1. The molecule has 0 heterocycles. The first-order valence-corrected chi connectivity index (χ1v) is 4.49. The molecule has 0 radical (unpaired) electrons. The van der Waals surface area contributed by atoms with Crippen LogP contribution < -0.4 is 16.4 Å². The molecule has 0 atom stereocenters. The number of amides is 3. The molecule has 1 rings (SSSR count). The highest BCUT2D eigenvalue weighted by Crippen LogP contribution is 2.44. The standard InChI is InChI=1S/C8H15N3O3/c9-7(14)11-6(13)3-10-4-8(5-12)1-2-8/h10,12H,1-5H2,(H3,9,11,13,14). The molecule has 0 aromatic heterocycles.